The topological polar surface area (TPSA) is 39.7 Å². The van der Waals surface area contributed by atoms with Gasteiger partial charge in [-0.15, -0.1) is 0 Å². The third kappa shape index (κ3) is 3.42. The van der Waals surface area contributed by atoms with Gasteiger partial charge in [0.15, 0.2) is 0 Å². The van der Waals surface area contributed by atoms with Crippen LogP contribution in [0.25, 0.3) is 0 Å². The SMILES string of the molecule is CC1CCCN1C1CCN(c2ncccc2C(=O)N2CCc3ccccc32)CC1. The lowest BCUT2D eigenvalue weighted by atomic mass is 10.0. The van der Waals surface area contributed by atoms with E-state index in [1.54, 1.807) is 0 Å². The first-order chi connectivity index (χ1) is 14.2. The maximum Gasteiger partial charge on any atom is 0.262 e. The lowest BCUT2D eigenvalue weighted by molar-refractivity contribution is 0.0989. The van der Waals surface area contributed by atoms with Gasteiger partial charge in [-0.1, -0.05) is 18.2 Å². The lowest BCUT2D eigenvalue weighted by Gasteiger charge is -2.39. The lowest BCUT2D eigenvalue weighted by Crippen LogP contribution is -2.46. The standard InChI is InChI=1S/C24H30N4O/c1-18-6-5-14-27(18)20-11-15-26(16-12-20)23-21(8-4-13-25-23)24(29)28-17-10-19-7-2-3-9-22(19)28/h2-4,7-9,13,18,20H,5-6,10-12,14-17H2,1H3. The van der Waals surface area contributed by atoms with Crippen LogP contribution in [0.1, 0.15) is 48.5 Å². The molecule has 0 aliphatic carbocycles. The van der Waals surface area contributed by atoms with Crippen LogP contribution in [0.5, 0.6) is 0 Å². The Balaban J connectivity index is 1.34. The molecular weight excluding hydrogens is 360 g/mol. The van der Waals surface area contributed by atoms with E-state index >= 15 is 0 Å². The number of nitrogens with zero attached hydrogens (tertiary/aromatic N) is 4. The number of likely N-dealkylation sites (tertiary alicyclic amines) is 1. The molecule has 2 aromatic rings. The Morgan fingerprint density at radius 3 is 2.62 bits per heavy atom. The van der Waals surface area contributed by atoms with Crippen LogP contribution >= 0.6 is 0 Å². The Kier molecular flexibility index (Phi) is 5.00. The number of amides is 1. The molecular formula is C24H30N4O. The Morgan fingerprint density at radius 2 is 1.83 bits per heavy atom. The van der Waals surface area contributed by atoms with Crippen molar-refractivity contribution in [1.82, 2.24) is 9.88 Å². The molecule has 5 rings (SSSR count). The molecule has 1 aromatic heterocycles. The zero-order valence-electron chi connectivity index (χ0n) is 17.3. The molecule has 5 heteroatoms. The number of benzene rings is 1. The van der Waals surface area contributed by atoms with Gasteiger partial charge >= 0.3 is 0 Å². The predicted molar refractivity (Wildman–Crippen MR) is 117 cm³/mol. The van der Waals surface area contributed by atoms with Gasteiger partial charge in [-0.2, -0.15) is 0 Å². The molecule has 0 bridgehead atoms. The van der Waals surface area contributed by atoms with Gasteiger partial charge < -0.3 is 9.80 Å². The molecule has 152 valence electrons. The van der Waals surface area contributed by atoms with Crippen LogP contribution in [0.15, 0.2) is 42.6 Å². The first kappa shape index (κ1) is 18.6. The van der Waals surface area contributed by atoms with E-state index in [1.165, 1.54) is 24.9 Å². The van der Waals surface area contributed by atoms with Crippen molar-refractivity contribution < 1.29 is 4.79 Å². The third-order valence-corrected chi connectivity index (χ3v) is 6.99. The number of aromatic nitrogens is 1. The van der Waals surface area contributed by atoms with Crippen molar-refractivity contribution in [3.63, 3.8) is 0 Å². The van der Waals surface area contributed by atoms with E-state index in [0.29, 0.717) is 12.1 Å². The minimum atomic E-state index is 0.0772. The number of para-hydroxylation sites is 1. The summed E-state index contributed by atoms with van der Waals surface area (Å²) in [6.45, 7) is 6.31. The van der Waals surface area contributed by atoms with Crippen LogP contribution in [-0.2, 0) is 6.42 Å². The largest absolute Gasteiger partial charge is 0.356 e. The highest BCUT2D eigenvalue weighted by Crippen LogP contribution is 2.32. The molecule has 3 aliphatic heterocycles. The molecule has 1 atom stereocenters. The van der Waals surface area contributed by atoms with E-state index in [1.807, 2.05) is 35.4 Å². The molecule has 0 radical (unpaired) electrons. The van der Waals surface area contributed by atoms with Gasteiger partial charge in [0.05, 0.1) is 5.56 Å². The number of carbonyl (C=O) groups is 1. The Hall–Kier alpha value is -2.40. The van der Waals surface area contributed by atoms with E-state index < -0.39 is 0 Å². The van der Waals surface area contributed by atoms with Crippen LogP contribution in [0.4, 0.5) is 11.5 Å². The number of carbonyl (C=O) groups excluding carboxylic acids is 1. The second kappa shape index (κ2) is 7.79. The number of fused-ring (bicyclic) bond motifs is 1. The minimum Gasteiger partial charge on any atom is -0.356 e. The summed E-state index contributed by atoms with van der Waals surface area (Å²) < 4.78 is 0. The molecule has 1 amide bonds. The Labute approximate surface area is 173 Å². The van der Waals surface area contributed by atoms with Gasteiger partial charge in [0.1, 0.15) is 5.82 Å². The van der Waals surface area contributed by atoms with Crippen molar-refractivity contribution in [3.8, 4) is 0 Å². The minimum absolute atomic E-state index is 0.0772. The molecule has 4 heterocycles. The highest BCUT2D eigenvalue weighted by Gasteiger charge is 2.33. The quantitative estimate of drug-likeness (QED) is 0.800. The number of hydrogen-bond donors (Lipinski definition) is 0. The summed E-state index contributed by atoms with van der Waals surface area (Å²) >= 11 is 0. The van der Waals surface area contributed by atoms with Gasteiger partial charge in [0, 0.05) is 43.6 Å². The molecule has 2 saturated heterocycles. The van der Waals surface area contributed by atoms with Crippen LogP contribution in [0.2, 0.25) is 0 Å². The van der Waals surface area contributed by atoms with Gasteiger partial charge in [0.2, 0.25) is 0 Å². The summed E-state index contributed by atoms with van der Waals surface area (Å²) in [6, 6.07) is 13.5. The zero-order chi connectivity index (χ0) is 19.8. The molecule has 2 fully saturated rings. The molecule has 3 aliphatic rings. The fraction of sp³-hybridized carbons (Fsp3) is 0.500. The number of anilines is 2. The van der Waals surface area contributed by atoms with Crippen molar-refractivity contribution in [3.05, 3.63) is 53.7 Å². The molecule has 1 aromatic carbocycles. The van der Waals surface area contributed by atoms with Crippen LogP contribution in [0.3, 0.4) is 0 Å². The Bertz CT molecular complexity index is 890. The van der Waals surface area contributed by atoms with E-state index in [4.69, 9.17) is 0 Å². The number of piperidine rings is 1. The van der Waals surface area contributed by atoms with E-state index in [0.717, 1.165) is 56.0 Å². The summed E-state index contributed by atoms with van der Waals surface area (Å²) in [6.07, 6.45) is 7.71. The van der Waals surface area contributed by atoms with Crippen molar-refractivity contribution in [2.45, 2.75) is 51.1 Å². The fourth-order valence-corrected chi connectivity index (χ4v) is 5.42. The van der Waals surface area contributed by atoms with E-state index in [2.05, 4.69) is 33.8 Å². The summed E-state index contributed by atoms with van der Waals surface area (Å²) in [5.74, 6) is 0.933. The summed E-state index contributed by atoms with van der Waals surface area (Å²) in [5.41, 5.74) is 3.04. The third-order valence-electron chi connectivity index (χ3n) is 6.99. The van der Waals surface area contributed by atoms with Gasteiger partial charge in [-0.05, 0) is 69.3 Å². The maximum atomic E-state index is 13.4. The zero-order valence-corrected chi connectivity index (χ0v) is 17.3. The van der Waals surface area contributed by atoms with Crippen molar-refractivity contribution >= 4 is 17.4 Å². The van der Waals surface area contributed by atoms with Gasteiger partial charge in [0.25, 0.3) is 5.91 Å². The number of hydrogen-bond acceptors (Lipinski definition) is 4. The normalized spacial score (nSPS) is 22.9. The smallest absolute Gasteiger partial charge is 0.262 e. The molecule has 5 nitrogen and oxygen atoms in total. The van der Waals surface area contributed by atoms with Gasteiger partial charge in [-0.3, -0.25) is 9.69 Å². The van der Waals surface area contributed by atoms with E-state index in [-0.39, 0.29) is 5.91 Å². The average Bonchev–Trinajstić information content (AvgIpc) is 3.40. The van der Waals surface area contributed by atoms with E-state index in [9.17, 15) is 4.79 Å². The monoisotopic (exact) mass is 390 g/mol. The fourth-order valence-electron chi connectivity index (χ4n) is 5.42. The Morgan fingerprint density at radius 1 is 1.00 bits per heavy atom. The second-order valence-electron chi connectivity index (χ2n) is 8.66. The maximum absolute atomic E-state index is 13.4. The predicted octanol–water partition coefficient (Wildman–Crippen LogP) is 3.74. The molecule has 0 N–H and O–H groups in total. The van der Waals surface area contributed by atoms with Crippen LogP contribution in [-0.4, -0.2) is 54.1 Å². The first-order valence-electron chi connectivity index (χ1n) is 11.1. The highest BCUT2D eigenvalue weighted by molar-refractivity contribution is 6.10. The number of rotatable bonds is 3. The van der Waals surface area contributed by atoms with Gasteiger partial charge in [-0.25, -0.2) is 4.98 Å². The summed E-state index contributed by atoms with van der Waals surface area (Å²) in [4.78, 5) is 25.0. The van der Waals surface area contributed by atoms with Crippen molar-refractivity contribution in [2.75, 3.05) is 36.0 Å². The summed E-state index contributed by atoms with van der Waals surface area (Å²) in [5, 5.41) is 0. The first-order valence-corrected chi connectivity index (χ1v) is 11.1. The average molecular weight is 391 g/mol. The second-order valence-corrected chi connectivity index (χ2v) is 8.66. The molecule has 0 saturated carbocycles. The van der Waals surface area contributed by atoms with Crippen LogP contribution < -0.4 is 9.80 Å². The highest BCUT2D eigenvalue weighted by atomic mass is 16.2. The molecule has 0 spiro atoms. The van der Waals surface area contributed by atoms with Crippen LogP contribution in [0, 0.1) is 0 Å². The number of pyridine rings is 1. The molecule has 1 unspecified atom stereocenters. The summed E-state index contributed by atoms with van der Waals surface area (Å²) in [7, 11) is 0. The van der Waals surface area contributed by atoms with Crippen molar-refractivity contribution in [2.24, 2.45) is 0 Å². The van der Waals surface area contributed by atoms with Crippen molar-refractivity contribution in [1.29, 1.82) is 0 Å². The molecule has 29 heavy (non-hydrogen) atoms.